The number of aliphatic hydroxyl groups is 2. The summed E-state index contributed by atoms with van der Waals surface area (Å²) in [6.45, 7) is 2.91. The molecule has 0 aromatic heterocycles. The summed E-state index contributed by atoms with van der Waals surface area (Å²) in [5.74, 6) is -0.265. The van der Waals surface area contributed by atoms with Crippen molar-refractivity contribution in [1.82, 2.24) is 0 Å². The van der Waals surface area contributed by atoms with Crippen molar-refractivity contribution in [2.45, 2.75) is 45.1 Å². The van der Waals surface area contributed by atoms with Gasteiger partial charge in [-0.2, -0.15) is 0 Å². The first-order valence-corrected chi connectivity index (χ1v) is 4.41. The van der Waals surface area contributed by atoms with Gasteiger partial charge in [-0.05, 0) is 13.3 Å². The molecule has 1 unspecified atom stereocenters. The van der Waals surface area contributed by atoms with E-state index in [1.54, 1.807) is 0 Å². The molecule has 0 aliphatic heterocycles. The molecule has 0 rings (SSSR count). The molecule has 0 aliphatic rings. The Bertz CT molecular complexity index is 141. The molecule has 3 nitrogen and oxygen atoms in total. The maximum Gasteiger partial charge on any atom is 0.166 e. The fourth-order valence-corrected chi connectivity index (χ4v) is 0.893. The van der Waals surface area contributed by atoms with Crippen LogP contribution in [0, 0.1) is 0 Å². The van der Waals surface area contributed by atoms with E-state index in [2.05, 4.69) is 6.92 Å². The summed E-state index contributed by atoms with van der Waals surface area (Å²) in [6, 6.07) is 0. The minimum absolute atomic E-state index is 0.265. The molecule has 0 saturated carbocycles. The Morgan fingerprint density at radius 1 is 1.42 bits per heavy atom. The smallest absolute Gasteiger partial charge is 0.166 e. The third-order valence-corrected chi connectivity index (χ3v) is 1.92. The molecule has 72 valence electrons. The van der Waals surface area contributed by atoms with Gasteiger partial charge in [0, 0.05) is 6.42 Å². The predicted octanol–water partition coefficient (Wildman–Crippen LogP) is 0.879. The van der Waals surface area contributed by atoms with Crippen molar-refractivity contribution in [3.05, 3.63) is 0 Å². The van der Waals surface area contributed by atoms with Gasteiger partial charge in [0.1, 0.15) is 5.60 Å². The topological polar surface area (TPSA) is 57.5 Å². The van der Waals surface area contributed by atoms with Gasteiger partial charge in [0.15, 0.2) is 5.78 Å². The lowest BCUT2D eigenvalue weighted by atomic mass is 9.97. The number of rotatable bonds is 6. The van der Waals surface area contributed by atoms with Gasteiger partial charge in [0.2, 0.25) is 0 Å². The lowest BCUT2D eigenvalue weighted by molar-refractivity contribution is -0.139. The highest BCUT2D eigenvalue weighted by Crippen LogP contribution is 2.10. The van der Waals surface area contributed by atoms with Crippen LogP contribution in [0.1, 0.15) is 39.5 Å². The highest BCUT2D eigenvalue weighted by Gasteiger charge is 2.27. The number of ketones is 1. The number of hydrogen-bond donors (Lipinski definition) is 2. The van der Waals surface area contributed by atoms with Gasteiger partial charge in [0.25, 0.3) is 0 Å². The van der Waals surface area contributed by atoms with Gasteiger partial charge >= 0.3 is 0 Å². The van der Waals surface area contributed by atoms with Gasteiger partial charge in [0.05, 0.1) is 6.61 Å². The van der Waals surface area contributed by atoms with Gasteiger partial charge < -0.3 is 10.2 Å². The summed E-state index contributed by atoms with van der Waals surface area (Å²) in [5, 5.41) is 17.9. The van der Waals surface area contributed by atoms with Gasteiger partial charge in [-0.1, -0.05) is 19.8 Å². The maximum absolute atomic E-state index is 11.2. The van der Waals surface area contributed by atoms with E-state index >= 15 is 0 Å². The number of hydrogen-bond acceptors (Lipinski definition) is 3. The summed E-state index contributed by atoms with van der Waals surface area (Å²) in [6.07, 6.45) is 3.20. The highest BCUT2D eigenvalue weighted by molar-refractivity contribution is 5.86. The van der Waals surface area contributed by atoms with Crippen molar-refractivity contribution < 1.29 is 15.0 Å². The third-order valence-electron chi connectivity index (χ3n) is 1.92. The summed E-state index contributed by atoms with van der Waals surface area (Å²) in [5.41, 5.74) is -1.53. The van der Waals surface area contributed by atoms with Gasteiger partial charge in [-0.25, -0.2) is 0 Å². The first-order valence-electron chi connectivity index (χ1n) is 4.41. The molecular formula is C9H18O3. The number of aliphatic hydroxyl groups excluding tert-OH is 1. The summed E-state index contributed by atoms with van der Waals surface area (Å²) >= 11 is 0. The van der Waals surface area contributed by atoms with E-state index in [4.69, 9.17) is 5.11 Å². The molecule has 2 N–H and O–H groups in total. The maximum atomic E-state index is 11.2. The quantitative estimate of drug-likeness (QED) is 0.588. The molecule has 0 saturated heterocycles. The second-order valence-electron chi connectivity index (χ2n) is 3.31. The molecule has 0 radical (unpaired) electrons. The zero-order valence-corrected chi connectivity index (χ0v) is 7.84. The summed E-state index contributed by atoms with van der Waals surface area (Å²) in [4.78, 5) is 11.2. The summed E-state index contributed by atoms with van der Waals surface area (Å²) < 4.78 is 0. The number of carbonyl (C=O) groups excluding carboxylic acids is 1. The molecule has 3 heteroatoms. The zero-order chi connectivity index (χ0) is 9.61. The van der Waals surface area contributed by atoms with Crippen LogP contribution in [-0.2, 0) is 4.79 Å². The Hall–Kier alpha value is -0.410. The van der Waals surface area contributed by atoms with E-state index in [1.165, 1.54) is 6.92 Å². The SMILES string of the molecule is CCCCCC(=O)C(C)(O)CO. The number of Topliss-reactive ketones (excluding diaryl/α,β-unsaturated/α-hetero) is 1. The highest BCUT2D eigenvalue weighted by atomic mass is 16.3. The standard InChI is InChI=1S/C9H18O3/c1-3-4-5-6-8(11)9(2,12)7-10/h10,12H,3-7H2,1-2H3. The Balaban J connectivity index is 3.72. The normalized spacial score (nSPS) is 15.7. The minimum Gasteiger partial charge on any atom is -0.393 e. The van der Waals surface area contributed by atoms with Crippen molar-refractivity contribution in [2.24, 2.45) is 0 Å². The summed E-state index contributed by atoms with van der Waals surface area (Å²) in [7, 11) is 0. The fourth-order valence-electron chi connectivity index (χ4n) is 0.893. The average Bonchev–Trinajstić information content (AvgIpc) is 2.05. The molecule has 1 atom stereocenters. The molecule has 0 spiro atoms. The van der Waals surface area contributed by atoms with Crippen LogP contribution in [-0.4, -0.2) is 28.2 Å². The van der Waals surface area contributed by atoms with Crippen LogP contribution in [0.25, 0.3) is 0 Å². The monoisotopic (exact) mass is 174 g/mol. The second-order valence-corrected chi connectivity index (χ2v) is 3.31. The first-order chi connectivity index (χ1) is 5.54. The average molecular weight is 174 g/mol. The second kappa shape index (κ2) is 5.27. The van der Waals surface area contributed by atoms with Crippen molar-refractivity contribution in [3.63, 3.8) is 0 Å². The molecule has 0 aromatic rings. The van der Waals surface area contributed by atoms with Crippen LogP contribution in [0.15, 0.2) is 0 Å². The lowest BCUT2D eigenvalue weighted by Crippen LogP contribution is -2.38. The largest absolute Gasteiger partial charge is 0.393 e. The van der Waals surface area contributed by atoms with E-state index < -0.39 is 12.2 Å². The molecule has 0 aromatic carbocycles. The number of carbonyl (C=O) groups is 1. The zero-order valence-electron chi connectivity index (χ0n) is 7.84. The van der Waals surface area contributed by atoms with Crippen LogP contribution in [0.3, 0.4) is 0 Å². The van der Waals surface area contributed by atoms with Crippen LogP contribution in [0.5, 0.6) is 0 Å². The van der Waals surface area contributed by atoms with Gasteiger partial charge in [-0.3, -0.25) is 4.79 Å². The van der Waals surface area contributed by atoms with Crippen LogP contribution in [0.2, 0.25) is 0 Å². The third kappa shape index (κ3) is 3.83. The molecule has 0 fully saturated rings. The minimum atomic E-state index is -1.53. The molecular weight excluding hydrogens is 156 g/mol. The first kappa shape index (κ1) is 11.6. The Kier molecular flexibility index (Phi) is 5.09. The Morgan fingerprint density at radius 2 is 2.00 bits per heavy atom. The lowest BCUT2D eigenvalue weighted by Gasteiger charge is -2.18. The van der Waals surface area contributed by atoms with Crippen molar-refractivity contribution in [3.8, 4) is 0 Å². The van der Waals surface area contributed by atoms with Gasteiger partial charge in [-0.15, -0.1) is 0 Å². The van der Waals surface area contributed by atoms with E-state index in [0.29, 0.717) is 6.42 Å². The van der Waals surface area contributed by atoms with Crippen molar-refractivity contribution >= 4 is 5.78 Å². The number of unbranched alkanes of at least 4 members (excludes halogenated alkanes) is 2. The van der Waals surface area contributed by atoms with Crippen molar-refractivity contribution in [2.75, 3.05) is 6.61 Å². The Morgan fingerprint density at radius 3 is 2.42 bits per heavy atom. The van der Waals surface area contributed by atoms with E-state index in [-0.39, 0.29) is 5.78 Å². The Labute approximate surface area is 73.4 Å². The van der Waals surface area contributed by atoms with Crippen LogP contribution in [0.4, 0.5) is 0 Å². The molecule has 0 heterocycles. The van der Waals surface area contributed by atoms with Crippen molar-refractivity contribution in [1.29, 1.82) is 0 Å². The van der Waals surface area contributed by atoms with E-state index in [0.717, 1.165) is 19.3 Å². The van der Waals surface area contributed by atoms with E-state index in [9.17, 15) is 9.90 Å². The van der Waals surface area contributed by atoms with Crippen LogP contribution >= 0.6 is 0 Å². The van der Waals surface area contributed by atoms with E-state index in [1.807, 2.05) is 0 Å². The molecule has 0 amide bonds. The molecule has 0 bridgehead atoms. The molecule has 0 aliphatic carbocycles. The molecule has 12 heavy (non-hydrogen) atoms. The van der Waals surface area contributed by atoms with Crippen LogP contribution < -0.4 is 0 Å². The predicted molar refractivity (Wildman–Crippen MR) is 46.9 cm³/mol. The fraction of sp³-hybridized carbons (Fsp3) is 0.889.